The van der Waals surface area contributed by atoms with Gasteiger partial charge in [-0.25, -0.2) is 0 Å². The molecule has 0 aromatic heterocycles. The predicted molar refractivity (Wildman–Crippen MR) is 52.7 cm³/mol. The largest absolute Gasteiger partial charge is 0.480 e. The van der Waals surface area contributed by atoms with Crippen LogP contribution in [-0.2, 0) is 9.59 Å². The van der Waals surface area contributed by atoms with Gasteiger partial charge in [-0.05, 0) is 12.3 Å². The van der Waals surface area contributed by atoms with E-state index >= 15 is 0 Å². The highest BCUT2D eigenvalue weighted by Gasteiger charge is 2.19. The third-order valence-corrected chi connectivity index (χ3v) is 2.11. The Morgan fingerprint density at radius 2 is 1.79 bits per heavy atom. The van der Waals surface area contributed by atoms with Gasteiger partial charge >= 0.3 is 5.97 Å². The number of rotatable bonds is 6. The fourth-order valence-electron chi connectivity index (χ4n) is 0.960. The van der Waals surface area contributed by atoms with Crippen LogP contribution in [0.4, 0.5) is 0 Å². The molecule has 0 spiro atoms. The van der Waals surface area contributed by atoms with Gasteiger partial charge in [-0.1, -0.05) is 13.8 Å². The molecule has 0 aromatic carbocycles. The van der Waals surface area contributed by atoms with Gasteiger partial charge in [0.2, 0.25) is 0 Å². The summed E-state index contributed by atoms with van der Waals surface area (Å²) in [5, 5.41) is 8.48. The standard InChI is InChI=1S/C9H18N2O3/c1-5(2)8(11)7(12)4-3-6(10)9(13)14/h5-6,8H,3-4,10-11H2,1-2H3,(H,13,14). The molecule has 5 N–H and O–H groups in total. The molecule has 2 unspecified atom stereocenters. The Morgan fingerprint density at radius 1 is 1.29 bits per heavy atom. The first-order valence-electron chi connectivity index (χ1n) is 4.63. The summed E-state index contributed by atoms with van der Waals surface area (Å²) in [5.41, 5.74) is 10.8. The van der Waals surface area contributed by atoms with Crippen LogP contribution in [-0.4, -0.2) is 28.9 Å². The smallest absolute Gasteiger partial charge is 0.320 e. The Bertz CT molecular complexity index is 216. The summed E-state index contributed by atoms with van der Waals surface area (Å²) < 4.78 is 0. The normalized spacial score (nSPS) is 15.2. The Labute approximate surface area is 83.5 Å². The van der Waals surface area contributed by atoms with Gasteiger partial charge in [0.25, 0.3) is 0 Å². The molecule has 0 amide bonds. The van der Waals surface area contributed by atoms with Crippen LogP contribution in [0.15, 0.2) is 0 Å². The number of carboxylic acids is 1. The molecular formula is C9H18N2O3. The third kappa shape index (κ3) is 4.34. The van der Waals surface area contributed by atoms with Gasteiger partial charge in [-0.3, -0.25) is 9.59 Å². The minimum atomic E-state index is -1.09. The molecule has 0 saturated carbocycles. The fourth-order valence-corrected chi connectivity index (χ4v) is 0.960. The van der Waals surface area contributed by atoms with Crippen molar-refractivity contribution in [1.29, 1.82) is 0 Å². The number of nitrogens with two attached hydrogens (primary N) is 2. The van der Waals surface area contributed by atoms with E-state index in [1.54, 1.807) is 0 Å². The van der Waals surface area contributed by atoms with Crippen molar-refractivity contribution in [2.45, 2.75) is 38.8 Å². The molecule has 5 heteroatoms. The number of carbonyl (C=O) groups is 2. The van der Waals surface area contributed by atoms with Crippen molar-refractivity contribution in [2.75, 3.05) is 0 Å². The van der Waals surface area contributed by atoms with Gasteiger partial charge in [0.1, 0.15) is 11.8 Å². The molecule has 0 heterocycles. The summed E-state index contributed by atoms with van der Waals surface area (Å²) >= 11 is 0. The number of carboxylic acid groups (broad SMARTS) is 1. The van der Waals surface area contributed by atoms with Crippen molar-refractivity contribution in [3.8, 4) is 0 Å². The Kier molecular flexibility index (Phi) is 5.34. The molecule has 0 radical (unpaired) electrons. The first-order valence-corrected chi connectivity index (χ1v) is 4.63. The molecule has 0 aliphatic carbocycles. The minimum absolute atomic E-state index is 0.0727. The maximum absolute atomic E-state index is 11.3. The molecule has 0 fully saturated rings. The maximum atomic E-state index is 11.3. The molecule has 0 aromatic rings. The van der Waals surface area contributed by atoms with Crippen molar-refractivity contribution in [1.82, 2.24) is 0 Å². The van der Waals surface area contributed by atoms with Crippen LogP contribution in [0.1, 0.15) is 26.7 Å². The lowest BCUT2D eigenvalue weighted by molar-refractivity contribution is -0.138. The maximum Gasteiger partial charge on any atom is 0.320 e. The lowest BCUT2D eigenvalue weighted by Crippen LogP contribution is -2.37. The molecule has 82 valence electrons. The summed E-state index contributed by atoms with van der Waals surface area (Å²) in [6.07, 6.45) is 0.279. The third-order valence-electron chi connectivity index (χ3n) is 2.11. The summed E-state index contributed by atoms with van der Waals surface area (Å²) in [4.78, 5) is 21.7. The molecule has 0 saturated heterocycles. The second-order valence-corrected chi connectivity index (χ2v) is 3.72. The number of aliphatic carboxylic acids is 1. The van der Waals surface area contributed by atoms with E-state index in [1.807, 2.05) is 13.8 Å². The second-order valence-electron chi connectivity index (χ2n) is 3.72. The zero-order valence-electron chi connectivity index (χ0n) is 8.56. The van der Waals surface area contributed by atoms with Crippen molar-refractivity contribution >= 4 is 11.8 Å². The van der Waals surface area contributed by atoms with Gasteiger partial charge in [-0.2, -0.15) is 0 Å². The van der Waals surface area contributed by atoms with Crippen LogP contribution in [0.25, 0.3) is 0 Å². The van der Waals surface area contributed by atoms with E-state index < -0.39 is 18.1 Å². The molecule has 0 rings (SSSR count). The van der Waals surface area contributed by atoms with E-state index in [-0.39, 0.29) is 24.5 Å². The van der Waals surface area contributed by atoms with Crippen LogP contribution in [0.2, 0.25) is 0 Å². The number of carbonyl (C=O) groups excluding carboxylic acids is 1. The van der Waals surface area contributed by atoms with E-state index in [0.717, 1.165) is 0 Å². The van der Waals surface area contributed by atoms with E-state index in [2.05, 4.69) is 0 Å². The Balaban J connectivity index is 3.91. The predicted octanol–water partition coefficient (Wildman–Crippen LogP) is -0.269. The molecule has 0 aliphatic heterocycles. The van der Waals surface area contributed by atoms with Crippen LogP contribution >= 0.6 is 0 Å². The van der Waals surface area contributed by atoms with Crippen LogP contribution < -0.4 is 11.5 Å². The van der Waals surface area contributed by atoms with Crippen LogP contribution in [0.3, 0.4) is 0 Å². The van der Waals surface area contributed by atoms with Gasteiger partial charge in [0.15, 0.2) is 0 Å². The summed E-state index contributed by atoms with van der Waals surface area (Å²) in [6.45, 7) is 3.69. The van der Waals surface area contributed by atoms with E-state index in [4.69, 9.17) is 16.6 Å². The first-order chi connectivity index (χ1) is 6.36. The SMILES string of the molecule is CC(C)C(N)C(=O)CCC(N)C(=O)O. The number of hydrogen-bond acceptors (Lipinski definition) is 4. The second kappa shape index (κ2) is 5.72. The monoisotopic (exact) mass is 202 g/mol. The Morgan fingerprint density at radius 3 is 2.14 bits per heavy atom. The topological polar surface area (TPSA) is 106 Å². The molecule has 2 atom stereocenters. The summed E-state index contributed by atoms with van der Waals surface area (Å²) in [7, 11) is 0. The van der Waals surface area contributed by atoms with Crippen molar-refractivity contribution in [2.24, 2.45) is 17.4 Å². The van der Waals surface area contributed by atoms with Crippen molar-refractivity contribution < 1.29 is 14.7 Å². The summed E-state index contributed by atoms with van der Waals surface area (Å²) in [5.74, 6) is -1.14. The molecule has 5 nitrogen and oxygen atoms in total. The number of ketones is 1. The molecule has 0 bridgehead atoms. The van der Waals surface area contributed by atoms with Crippen molar-refractivity contribution in [3.05, 3.63) is 0 Å². The van der Waals surface area contributed by atoms with Crippen LogP contribution in [0.5, 0.6) is 0 Å². The highest BCUT2D eigenvalue weighted by Crippen LogP contribution is 2.05. The summed E-state index contributed by atoms with van der Waals surface area (Å²) in [6, 6.07) is -1.49. The number of hydrogen-bond donors (Lipinski definition) is 3. The molecular weight excluding hydrogens is 184 g/mol. The van der Waals surface area contributed by atoms with Gasteiger partial charge in [0, 0.05) is 6.42 Å². The van der Waals surface area contributed by atoms with Crippen molar-refractivity contribution in [3.63, 3.8) is 0 Å². The van der Waals surface area contributed by atoms with E-state index in [1.165, 1.54) is 0 Å². The van der Waals surface area contributed by atoms with E-state index in [0.29, 0.717) is 0 Å². The lowest BCUT2D eigenvalue weighted by Gasteiger charge is -2.14. The van der Waals surface area contributed by atoms with Gasteiger partial charge in [0.05, 0.1) is 6.04 Å². The first kappa shape index (κ1) is 13.1. The quantitative estimate of drug-likeness (QED) is 0.549. The minimum Gasteiger partial charge on any atom is -0.480 e. The molecule has 14 heavy (non-hydrogen) atoms. The van der Waals surface area contributed by atoms with E-state index in [9.17, 15) is 9.59 Å². The fraction of sp³-hybridized carbons (Fsp3) is 0.778. The van der Waals surface area contributed by atoms with Gasteiger partial charge in [-0.15, -0.1) is 0 Å². The van der Waals surface area contributed by atoms with Gasteiger partial charge < -0.3 is 16.6 Å². The highest BCUT2D eigenvalue weighted by atomic mass is 16.4. The average Bonchev–Trinajstić information content (AvgIpc) is 2.11. The van der Waals surface area contributed by atoms with Crippen LogP contribution in [0, 0.1) is 5.92 Å². The molecule has 0 aliphatic rings. The Hall–Kier alpha value is -0.940. The average molecular weight is 202 g/mol. The highest BCUT2D eigenvalue weighted by molar-refractivity contribution is 5.84. The lowest BCUT2D eigenvalue weighted by atomic mass is 9.97. The zero-order chi connectivity index (χ0) is 11.3. The zero-order valence-corrected chi connectivity index (χ0v) is 8.56. The number of Topliss-reactive ketones (excluding diaryl/α,β-unsaturated/α-hetero) is 1.